The molecule has 1 N–H and O–H groups in total. The van der Waals surface area contributed by atoms with Crippen LogP contribution in [0.25, 0.3) is 0 Å². The van der Waals surface area contributed by atoms with Gasteiger partial charge in [-0.05, 0) is 35.7 Å². The number of hydrogen-bond donors (Lipinski definition) is 1. The molecule has 0 saturated carbocycles. The minimum absolute atomic E-state index is 0.0972. The maximum atomic E-state index is 12.6. The van der Waals surface area contributed by atoms with Gasteiger partial charge in [-0.1, -0.05) is 36.4 Å². The van der Waals surface area contributed by atoms with Crippen molar-refractivity contribution in [2.45, 2.75) is 25.5 Å². The monoisotopic (exact) mass is 419 g/mol. The third kappa shape index (κ3) is 6.26. The van der Waals surface area contributed by atoms with Crippen molar-refractivity contribution in [3.63, 3.8) is 0 Å². The minimum atomic E-state index is -3.19. The SMILES string of the molecule is COC(=O)[C@H](Cc1ccccc1C)NC(=O)c1ccc(CP(=O)(OC)OC)cc1. The Labute approximate surface area is 170 Å². The van der Waals surface area contributed by atoms with Crippen LogP contribution in [0.4, 0.5) is 0 Å². The van der Waals surface area contributed by atoms with Crippen LogP contribution in [0.1, 0.15) is 27.0 Å². The maximum absolute atomic E-state index is 12.6. The molecule has 0 radical (unpaired) electrons. The van der Waals surface area contributed by atoms with Crippen LogP contribution >= 0.6 is 7.60 Å². The number of methoxy groups -OCH3 is 1. The predicted octanol–water partition coefficient (Wildman–Crippen LogP) is 3.50. The van der Waals surface area contributed by atoms with E-state index in [2.05, 4.69) is 5.32 Å². The molecule has 0 aliphatic carbocycles. The summed E-state index contributed by atoms with van der Waals surface area (Å²) in [5.41, 5.74) is 3.06. The molecule has 2 aromatic carbocycles. The summed E-state index contributed by atoms with van der Waals surface area (Å²) in [4.78, 5) is 24.8. The van der Waals surface area contributed by atoms with Gasteiger partial charge >= 0.3 is 13.6 Å². The molecular formula is C21H26NO6P. The number of rotatable bonds is 9. The van der Waals surface area contributed by atoms with Gasteiger partial charge in [-0.15, -0.1) is 0 Å². The van der Waals surface area contributed by atoms with Crippen molar-refractivity contribution in [2.24, 2.45) is 0 Å². The summed E-state index contributed by atoms with van der Waals surface area (Å²) in [6.07, 6.45) is 0.425. The average molecular weight is 419 g/mol. The van der Waals surface area contributed by atoms with E-state index in [9.17, 15) is 14.2 Å². The van der Waals surface area contributed by atoms with Crippen molar-refractivity contribution in [2.75, 3.05) is 21.3 Å². The summed E-state index contributed by atoms with van der Waals surface area (Å²) in [6, 6.07) is 13.4. The lowest BCUT2D eigenvalue weighted by atomic mass is 10.0. The second-order valence-corrected chi connectivity index (χ2v) is 8.78. The van der Waals surface area contributed by atoms with Gasteiger partial charge in [0.05, 0.1) is 13.3 Å². The number of esters is 1. The number of carbonyl (C=O) groups is 2. The highest BCUT2D eigenvalue weighted by Gasteiger charge is 2.24. The van der Waals surface area contributed by atoms with Gasteiger partial charge in [0.2, 0.25) is 0 Å². The van der Waals surface area contributed by atoms with E-state index < -0.39 is 25.5 Å². The van der Waals surface area contributed by atoms with Crippen LogP contribution in [-0.2, 0) is 35.7 Å². The van der Waals surface area contributed by atoms with Crippen molar-refractivity contribution in [1.82, 2.24) is 5.32 Å². The van der Waals surface area contributed by atoms with E-state index in [1.54, 1.807) is 24.3 Å². The molecule has 0 saturated heterocycles. The molecule has 1 atom stereocenters. The Morgan fingerprint density at radius 3 is 2.17 bits per heavy atom. The summed E-state index contributed by atoms with van der Waals surface area (Å²) < 4.78 is 26.9. The standard InChI is InChI=1S/C21H26NO6P/c1-15-7-5-6-8-18(15)13-19(21(24)26-2)22-20(23)17-11-9-16(10-12-17)14-29(25,27-3)28-4/h5-12,19H,13-14H2,1-4H3,(H,22,23)/t19-/m0/s1. The van der Waals surface area contributed by atoms with Crippen molar-refractivity contribution < 1.29 is 27.9 Å². The Morgan fingerprint density at radius 2 is 1.62 bits per heavy atom. The van der Waals surface area contributed by atoms with Crippen LogP contribution in [0.15, 0.2) is 48.5 Å². The zero-order chi connectivity index (χ0) is 21.4. The van der Waals surface area contributed by atoms with Crippen LogP contribution in [-0.4, -0.2) is 39.2 Å². The highest BCUT2D eigenvalue weighted by Crippen LogP contribution is 2.49. The number of ether oxygens (including phenoxy) is 1. The number of nitrogens with one attached hydrogen (secondary N) is 1. The van der Waals surface area contributed by atoms with Gasteiger partial charge in [0.15, 0.2) is 0 Å². The molecule has 0 fully saturated rings. The van der Waals surface area contributed by atoms with Crippen molar-refractivity contribution in [3.05, 3.63) is 70.8 Å². The Balaban J connectivity index is 2.12. The first-order valence-corrected chi connectivity index (χ1v) is 10.8. The lowest BCUT2D eigenvalue weighted by Crippen LogP contribution is -2.43. The quantitative estimate of drug-likeness (QED) is 0.494. The van der Waals surface area contributed by atoms with Crippen molar-refractivity contribution in [1.29, 1.82) is 0 Å². The van der Waals surface area contributed by atoms with Crippen LogP contribution in [0.2, 0.25) is 0 Å². The first-order chi connectivity index (χ1) is 13.8. The molecule has 0 aromatic heterocycles. The molecule has 1 amide bonds. The Morgan fingerprint density at radius 1 is 1.00 bits per heavy atom. The zero-order valence-electron chi connectivity index (χ0n) is 17.0. The summed E-state index contributed by atoms with van der Waals surface area (Å²) in [6.45, 7) is 1.95. The van der Waals surface area contributed by atoms with E-state index in [4.69, 9.17) is 13.8 Å². The van der Waals surface area contributed by atoms with E-state index in [0.717, 1.165) is 11.1 Å². The number of aryl methyl sites for hydroxylation is 1. The fourth-order valence-electron chi connectivity index (χ4n) is 2.82. The number of hydrogen-bond acceptors (Lipinski definition) is 6. The molecular weight excluding hydrogens is 393 g/mol. The Bertz CT molecular complexity index is 888. The van der Waals surface area contributed by atoms with E-state index in [1.165, 1.54) is 21.3 Å². The smallest absolute Gasteiger partial charge is 0.334 e. The van der Waals surface area contributed by atoms with E-state index in [0.29, 0.717) is 17.5 Å². The van der Waals surface area contributed by atoms with Gasteiger partial charge in [0, 0.05) is 26.2 Å². The van der Waals surface area contributed by atoms with Gasteiger partial charge in [-0.25, -0.2) is 4.79 Å². The molecule has 0 aliphatic heterocycles. The number of amides is 1. The largest absolute Gasteiger partial charge is 0.467 e. The van der Waals surface area contributed by atoms with Gasteiger partial charge < -0.3 is 19.1 Å². The highest BCUT2D eigenvalue weighted by molar-refractivity contribution is 7.52. The molecule has 8 heteroatoms. The van der Waals surface area contributed by atoms with E-state index >= 15 is 0 Å². The van der Waals surface area contributed by atoms with Crippen LogP contribution in [0, 0.1) is 6.92 Å². The molecule has 156 valence electrons. The first-order valence-electron chi connectivity index (χ1n) is 9.04. The third-order valence-corrected chi connectivity index (χ3v) is 6.49. The Kier molecular flexibility index (Phi) is 8.14. The lowest BCUT2D eigenvalue weighted by molar-refractivity contribution is -0.142. The van der Waals surface area contributed by atoms with Crippen LogP contribution in [0.3, 0.4) is 0 Å². The van der Waals surface area contributed by atoms with Crippen molar-refractivity contribution in [3.8, 4) is 0 Å². The molecule has 0 aliphatic rings. The lowest BCUT2D eigenvalue weighted by Gasteiger charge is -2.18. The second kappa shape index (κ2) is 10.3. The second-order valence-electron chi connectivity index (χ2n) is 6.51. The topological polar surface area (TPSA) is 90.9 Å². The fourth-order valence-corrected chi connectivity index (χ4v) is 3.89. The molecule has 0 bridgehead atoms. The molecule has 7 nitrogen and oxygen atoms in total. The molecule has 29 heavy (non-hydrogen) atoms. The van der Waals surface area contributed by atoms with Gasteiger partial charge in [-0.3, -0.25) is 9.36 Å². The first kappa shape index (κ1) is 22.8. The minimum Gasteiger partial charge on any atom is -0.467 e. The normalized spacial score (nSPS) is 12.3. The van der Waals surface area contributed by atoms with Crippen LogP contribution < -0.4 is 5.32 Å². The molecule has 0 heterocycles. The van der Waals surface area contributed by atoms with Gasteiger partial charge in [0.25, 0.3) is 5.91 Å². The zero-order valence-corrected chi connectivity index (χ0v) is 17.9. The summed E-state index contributed by atoms with van der Waals surface area (Å²) in [5, 5.41) is 2.73. The summed E-state index contributed by atoms with van der Waals surface area (Å²) >= 11 is 0. The molecule has 2 aromatic rings. The van der Waals surface area contributed by atoms with Gasteiger partial charge in [0.1, 0.15) is 6.04 Å². The highest BCUT2D eigenvalue weighted by atomic mass is 31.2. The fraction of sp³-hybridized carbons (Fsp3) is 0.333. The Hall–Kier alpha value is -2.47. The predicted molar refractivity (Wildman–Crippen MR) is 110 cm³/mol. The molecule has 2 rings (SSSR count). The van der Waals surface area contributed by atoms with Crippen LogP contribution in [0.5, 0.6) is 0 Å². The third-order valence-electron chi connectivity index (χ3n) is 4.63. The summed E-state index contributed by atoms with van der Waals surface area (Å²) in [7, 11) is 0.756. The average Bonchev–Trinajstić information content (AvgIpc) is 2.74. The number of benzene rings is 2. The van der Waals surface area contributed by atoms with E-state index in [-0.39, 0.29) is 6.16 Å². The molecule has 0 spiro atoms. The van der Waals surface area contributed by atoms with Crippen molar-refractivity contribution >= 4 is 19.5 Å². The maximum Gasteiger partial charge on any atom is 0.334 e. The van der Waals surface area contributed by atoms with E-state index in [1.807, 2.05) is 31.2 Å². The summed E-state index contributed by atoms with van der Waals surface area (Å²) in [5.74, 6) is -0.915. The molecule has 0 unspecified atom stereocenters. The number of carbonyl (C=O) groups excluding carboxylic acids is 2. The van der Waals surface area contributed by atoms with Gasteiger partial charge in [-0.2, -0.15) is 0 Å².